The minimum Gasteiger partial charge on any atom is -0.373 e. The average Bonchev–Trinajstić information content (AvgIpc) is 2.75. The van der Waals surface area contributed by atoms with Crippen LogP contribution in [0.3, 0.4) is 0 Å². The fourth-order valence-corrected chi connectivity index (χ4v) is 2.49. The molecule has 1 aliphatic rings. The Morgan fingerprint density at radius 3 is 2.55 bits per heavy atom. The smallest absolute Gasteiger partial charge is 0.256 e. The number of benzene rings is 2. The van der Waals surface area contributed by atoms with Crippen LogP contribution in [0.15, 0.2) is 48.5 Å². The van der Waals surface area contributed by atoms with Gasteiger partial charge in [-0.1, -0.05) is 23.8 Å². The molecule has 0 aromatic heterocycles. The largest absolute Gasteiger partial charge is 0.373 e. The fraction of sp³-hybridized carbons (Fsp3) is 0.176. The zero-order valence-corrected chi connectivity index (χ0v) is 12.0. The summed E-state index contributed by atoms with van der Waals surface area (Å²) in [5.74, 6) is -0.974. The van der Waals surface area contributed by atoms with E-state index in [9.17, 15) is 14.0 Å². The molecule has 0 bridgehead atoms. The van der Waals surface area contributed by atoms with Crippen molar-refractivity contribution >= 4 is 23.2 Å². The Morgan fingerprint density at radius 1 is 1.14 bits per heavy atom. The molecule has 1 fully saturated rings. The van der Waals surface area contributed by atoms with Gasteiger partial charge in [0.2, 0.25) is 5.91 Å². The van der Waals surface area contributed by atoms with Gasteiger partial charge in [0.15, 0.2) is 0 Å². The summed E-state index contributed by atoms with van der Waals surface area (Å²) < 4.78 is 13.2. The lowest BCUT2D eigenvalue weighted by molar-refractivity contribution is -0.121. The van der Waals surface area contributed by atoms with Crippen LogP contribution in [0.1, 0.15) is 12.0 Å². The van der Waals surface area contributed by atoms with Crippen LogP contribution in [0.25, 0.3) is 0 Å². The number of imide groups is 1. The van der Waals surface area contributed by atoms with Crippen molar-refractivity contribution < 1.29 is 14.0 Å². The van der Waals surface area contributed by atoms with E-state index in [1.54, 1.807) is 24.3 Å². The molecule has 0 unspecified atom stereocenters. The van der Waals surface area contributed by atoms with E-state index in [-0.39, 0.29) is 18.2 Å². The maximum absolute atomic E-state index is 13.2. The highest BCUT2D eigenvalue weighted by Crippen LogP contribution is 2.25. The van der Waals surface area contributed by atoms with Crippen LogP contribution < -0.4 is 10.2 Å². The van der Waals surface area contributed by atoms with Gasteiger partial charge in [0, 0.05) is 5.69 Å². The molecule has 1 aliphatic heterocycles. The molecule has 22 heavy (non-hydrogen) atoms. The quantitative estimate of drug-likeness (QED) is 0.886. The van der Waals surface area contributed by atoms with E-state index >= 15 is 0 Å². The molecular weight excluding hydrogens is 283 g/mol. The van der Waals surface area contributed by atoms with Crippen molar-refractivity contribution in [3.05, 3.63) is 59.9 Å². The number of carbonyl (C=O) groups is 2. The Hall–Kier alpha value is -2.69. The Balaban J connectivity index is 1.81. The minimum absolute atomic E-state index is 0.0588. The number of nitrogens with one attached hydrogen (secondary N) is 1. The average molecular weight is 298 g/mol. The summed E-state index contributed by atoms with van der Waals surface area (Å²) in [5, 5.41) is 2.92. The second-order valence-electron chi connectivity index (χ2n) is 5.31. The summed E-state index contributed by atoms with van der Waals surface area (Å²) in [7, 11) is 0. The summed E-state index contributed by atoms with van der Waals surface area (Å²) >= 11 is 0. The Labute approximate surface area is 127 Å². The van der Waals surface area contributed by atoms with Gasteiger partial charge in [-0.15, -0.1) is 0 Å². The summed E-state index contributed by atoms with van der Waals surface area (Å²) in [6.07, 6.45) is 0.0588. The van der Waals surface area contributed by atoms with Gasteiger partial charge in [0.25, 0.3) is 5.91 Å². The Bertz CT molecular complexity index is 728. The van der Waals surface area contributed by atoms with Crippen LogP contribution >= 0.6 is 0 Å². The first-order valence-electron chi connectivity index (χ1n) is 7.00. The van der Waals surface area contributed by atoms with E-state index in [1.165, 1.54) is 17.0 Å². The van der Waals surface area contributed by atoms with E-state index in [0.717, 1.165) is 5.56 Å². The number of rotatable bonds is 3. The standard InChI is InChI=1S/C17H15FN2O2/c1-11-5-7-14(8-6-11)20-16(21)10-15(17(20)22)19-13-4-2-3-12(18)9-13/h2-9,15,19H,10H2,1H3/t15-/m0/s1. The van der Waals surface area contributed by atoms with Crippen molar-refractivity contribution in [1.29, 1.82) is 0 Å². The third-order valence-corrected chi connectivity index (χ3v) is 3.60. The van der Waals surface area contributed by atoms with Crippen LogP contribution in [0.2, 0.25) is 0 Å². The Morgan fingerprint density at radius 2 is 1.86 bits per heavy atom. The summed E-state index contributed by atoms with van der Waals surface area (Å²) in [6.45, 7) is 1.94. The van der Waals surface area contributed by atoms with Gasteiger partial charge >= 0.3 is 0 Å². The van der Waals surface area contributed by atoms with E-state index in [4.69, 9.17) is 0 Å². The molecule has 112 valence electrons. The molecule has 0 aliphatic carbocycles. The third kappa shape index (κ3) is 2.70. The fourth-order valence-electron chi connectivity index (χ4n) is 2.49. The zero-order chi connectivity index (χ0) is 15.7. The predicted octanol–water partition coefficient (Wildman–Crippen LogP) is 2.88. The molecule has 5 heteroatoms. The molecule has 3 rings (SSSR count). The van der Waals surface area contributed by atoms with Crippen molar-refractivity contribution in [3.8, 4) is 0 Å². The highest BCUT2D eigenvalue weighted by Gasteiger charge is 2.39. The molecule has 0 radical (unpaired) electrons. The molecular formula is C17H15FN2O2. The lowest BCUT2D eigenvalue weighted by Crippen LogP contribution is -2.34. The van der Waals surface area contributed by atoms with E-state index in [0.29, 0.717) is 11.4 Å². The molecule has 1 N–H and O–H groups in total. The lowest BCUT2D eigenvalue weighted by Gasteiger charge is -2.16. The lowest BCUT2D eigenvalue weighted by atomic mass is 10.2. The Kier molecular flexibility index (Phi) is 3.63. The number of nitrogens with zero attached hydrogens (tertiary/aromatic N) is 1. The number of halogens is 1. The number of anilines is 2. The van der Waals surface area contributed by atoms with Crippen LogP contribution in [0.5, 0.6) is 0 Å². The van der Waals surface area contributed by atoms with Gasteiger partial charge in [-0.2, -0.15) is 0 Å². The van der Waals surface area contributed by atoms with Crippen LogP contribution in [0.4, 0.5) is 15.8 Å². The predicted molar refractivity (Wildman–Crippen MR) is 82.1 cm³/mol. The maximum atomic E-state index is 13.2. The molecule has 1 saturated heterocycles. The highest BCUT2D eigenvalue weighted by molar-refractivity contribution is 6.23. The van der Waals surface area contributed by atoms with Gasteiger partial charge in [-0.05, 0) is 37.3 Å². The first kappa shape index (κ1) is 14.3. The van der Waals surface area contributed by atoms with Crippen LogP contribution in [-0.2, 0) is 9.59 Å². The van der Waals surface area contributed by atoms with Crippen molar-refractivity contribution in [3.63, 3.8) is 0 Å². The number of aryl methyl sites for hydroxylation is 1. The molecule has 0 spiro atoms. The molecule has 2 amide bonds. The van der Waals surface area contributed by atoms with Crippen molar-refractivity contribution in [2.24, 2.45) is 0 Å². The van der Waals surface area contributed by atoms with Gasteiger partial charge < -0.3 is 5.32 Å². The number of amides is 2. The monoisotopic (exact) mass is 298 g/mol. The molecule has 2 aromatic carbocycles. The topological polar surface area (TPSA) is 49.4 Å². The van der Waals surface area contributed by atoms with Gasteiger partial charge in [-0.25, -0.2) is 9.29 Å². The van der Waals surface area contributed by atoms with Gasteiger partial charge in [0.1, 0.15) is 11.9 Å². The van der Waals surface area contributed by atoms with E-state index in [2.05, 4.69) is 5.32 Å². The second-order valence-corrected chi connectivity index (χ2v) is 5.31. The summed E-state index contributed by atoms with van der Waals surface area (Å²) in [6, 6.07) is 12.4. The first-order chi connectivity index (χ1) is 10.5. The molecule has 1 atom stereocenters. The molecule has 0 saturated carbocycles. The van der Waals surface area contributed by atoms with Crippen LogP contribution in [-0.4, -0.2) is 17.9 Å². The summed E-state index contributed by atoms with van der Waals surface area (Å²) in [5.41, 5.74) is 2.10. The minimum atomic E-state index is -0.671. The van der Waals surface area contributed by atoms with Gasteiger partial charge in [0.05, 0.1) is 12.1 Å². The maximum Gasteiger partial charge on any atom is 0.256 e. The number of hydrogen-bond acceptors (Lipinski definition) is 3. The SMILES string of the molecule is Cc1ccc(N2C(=O)C[C@H](Nc3cccc(F)c3)C2=O)cc1. The van der Waals surface area contributed by atoms with Crippen molar-refractivity contribution in [2.75, 3.05) is 10.2 Å². The van der Waals surface area contributed by atoms with Crippen molar-refractivity contribution in [1.82, 2.24) is 0 Å². The molecule has 1 heterocycles. The number of carbonyl (C=O) groups excluding carboxylic acids is 2. The van der Waals surface area contributed by atoms with Crippen molar-refractivity contribution in [2.45, 2.75) is 19.4 Å². The second kappa shape index (κ2) is 5.60. The third-order valence-electron chi connectivity index (χ3n) is 3.60. The summed E-state index contributed by atoms with van der Waals surface area (Å²) in [4.78, 5) is 25.7. The first-order valence-corrected chi connectivity index (χ1v) is 7.00. The molecule has 4 nitrogen and oxygen atoms in total. The van der Waals surface area contributed by atoms with E-state index < -0.39 is 11.9 Å². The zero-order valence-electron chi connectivity index (χ0n) is 12.0. The van der Waals surface area contributed by atoms with E-state index in [1.807, 2.05) is 19.1 Å². The molecule has 2 aromatic rings. The number of hydrogen-bond donors (Lipinski definition) is 1. The van der Waals surface area contributed by atoms with Crippen LogP contribution in [0, 0.1) is 12.7 Å². The normalized spacial score (nSPS) is 17.9. The van der Waals surface area contributed by atoms with Gasteiger partial charge in [-0.3, -0.25) is 9.59 Å². The highest BCUT2D eigenvalue weighted by atomic mass is 19.1.